The highest BCUT2D eigenvalue weighted by Gasteiger charge is 2.06. The third kappa shape index (κ3) is 3.05. The van der Waals surface area contributed by atoms with E-state index >= 15 is 0 Å². The Kier molecular flexibility index (Phi) is 3.91. The first-order valence-electron chi connectivity index (χ1n) is 4.62. The highest BCUT2D eigenvalue weighted by molar-refractivity contribution is 5.73. The van der Waals surface area contributed by atoms with Crippen LogP contribution in [-0.4, -0.2) is 29.5 Å². The first-order valence-corrected chi connectivity index (χ1v) is 4.62. The molecule has 0 saturated heterocycles. The smallest absolute Gasteiger partial charge is 0.317 e. The topological polar surface area (TPSA) is 45.2 Å². The minimum absolute atomic E-state index is 0.0589. The normalized spacial score (nSPS) is 9.57. The maximum Gasteiger partial charge on any atom is 0.317 e. The maximum absolute atomic E-state index is 11.3. The van der Waals surface area contributed by atoms with Crippen molar-refractivity contribution in [1.82, 2.24) is 15.2 Å². The molecule has 4 heteroatoms. The third-order valence-corrected chi connectivity index (χ3v) is 1.82. The van der Waals surface area contributed by atoms with Crippen molar-refractivity contribution in [2.45, 2.75) is 13.5 Å². The van der Waals surface area contributed by atoms with Crippen LogP contribution in [0.25, 0.3) is 0 Å². The SMILES string of the molecule is CCNC(=O)N(C)Cc1cccnc1. The number of hydrogen-bond donors (Lipinski definition) is 1. The summed E-state index contributed by atoms with van der Waals surface area (Å²) in [5.74, 6) is 0. The van der Waals surface area contributed by atoms with E-state index in [1.165, 1.54) is 0 Å². The molecule has 0 aliphatic heterocycles. The van der Waals surface area contributed by atoms with Crippen molar-refractivity contribution in [2.75, 3.05) is 13.6 Å². The van der Waals surface area contributed by atoms with Crippen LogP contribution in [0.15, 0.2) is 24.5 Å². The molecule has 0 radical (unpaired) electrons. The summed E-state index contributed by atoms with van der Waals surface area (Å²) >= 11 is 0. The number of carbonyl (C=O) groups is 1. The predicted octanol–water partition coefficient (Wildman–Crippen LogP) is 1.24. The van der Waals surface area contributed by atoms with Crippen molar-refractivity contribution < 1.29 is 4.79 Å². The van der Waals surface area contributed by atoms with Crippen molar-refractivity contribution >= 4 is 6.03 Å². The number of urea groups is 1. The summed E-state index contributed by atoms with van der Waals surface area (Å²) in [4.78, 5) is 17.0. The molecule has 0 unspecified atom stereocenters. The van der Waals surface area contributed by atoms with E-state index in [9.17, 15) is 4.79 Å². The van der Waals surface area contributed by atoms with Crippen LogP contribution in [-0.2, 0) is 6.54 Å². The lowest BCUT2D eigenvalue weighted by molar-refractivity contribution is 0.207. The highest BCUT2D eigenvalue weighted by atomic mass is 16.2. The Bertz CT molecular complexity index is 287. The molecule has 1 aromatic heterocycles. The zero-order valence-electron chi connectivity index (χ0n) is 8.53. The Morgan fingerprint density at radius 2 is 2.43 bits per heavy atom. The summed E-state index contributed by atoms with van der Waals surface area (Å²) < 4.78 is 0. The molecule has 0 aliphatic carbocycles. The van der Waals surface area contributed by atoms with E-state index in [0.29, 0.717) is 13.1 Å². The molecule has 14 heavy (non-hydrogen) atoms. The van der Waals surface area contributed by atoms with Gasteiger partial charge in [-0.3, -0.25) is 4.98 Å². The molecule has 0 bridgehead atoms. The van der Waals surface area contributed by atoms with E-state index in [1.807, 2.05) is 19.1 Å². The fourth-order valence-electron chi connectivity index (χ4n) is 1.12. The van der Waals surface area contributed by atoms with Gasteiger partial charge in [0, 0.05) is 32.5 Å². The number of nitrogens with zero attached hydrogens (tertiary/aromatic N) is 2. The molecule has 0 atom stereocenters. The van der Waals surface area contributed by atoms with Gasteiger partial charge >= 0.3 is 6.03 Å². The quantitative estimate of drug-likeness (QED) is 0.785. The van der Waals surface area contributed by atoms with Crippen molar-refractivity contribution in [3.8, 4) is 0 Å². The molecule has 0 fully saturated rings. The summed E-state index contributed by atoms with van der Waals surface area (Å²) in [7, 11) is 1.76. The fourth-order valence-corrected chi connectivity index (χ4v) is 1.12. The summed E-state index contributed by atoms with van der Waals surface area (Å²) in [5.41, 5.74) is 1.03. The van der Waals surface area contributed by atoms with Gasteiger partial charge in [-0.15, -0.1) is 0 Å². The molecular formula is C10H15N3O. The van der Waals surface area contributed by atoms with Gasteiger partial charge in [-0.2, -0.15) is 0 Å². The van der Waals surface area contributed by atoms with Crippen LogP contribution in [0.1, 0.15) is 12.5 Å². The second kappa shape index (κ2) is 5.21. The van der Waals surface area contributed by atoms with Gasteiger partial charge in [-0.1, -0.05) is 6.07 Å². The van der Waals surface area contributed by atoms with E-state index in [0.717, 1.165) is 5.56 Å². The highest BCUT2D eigenvalue weighted by Crippen LogP contribution is 2.00. The number of pyridine rings is 1. The van der Waals surface area contributed by atoms with Crippen LogP contribution in [0.3, 0.4) is 0 Å². The van der Waals surface area contributed by atoms with Crippen LogP contribution in [0.2, 0.25) is 0 Å². The Labute approximate surface area is 83.9 Å². The van der Waals surface area contributed by atoms with Crippen molar-refractivity contribution in [3.05, 3.63) is 30.1 Å². The largest absolute Gasteiger partial charge is 0.338 e. The zero-order valence-corrected chi connectivity index (χ0v) is 8.53. The third-order valence-electron chi connectivity index (χ3n) is 1.82. The molecule has 0 saturated carbocycles. The van der Waals surface area contributed by atoms with Crippen molar-refractivity contribution in [2.24, 2.45) is 0 Å². The summed E-state index contributed by atoms with van der Waals surface area (Å²) in [6.07, 6.45) is 3.48. The Morgan fingerprint density at radius 3 is 3.00 bits per heavy atom. The Morgan fingerprint density at radius 1 is 1.64 bits per heavy atom. The molecular weight excluding hydrogens is 178 g/mol. The second-order valence-corrected chi connectivity index (χ2v) is 3.05. The molecule has 1 heterocycles. The second-order valence-electron chi connectivity index (χ2n) is 3.05. The number of nitrogens with one attached hydrogen (secondary N) is 1. The number of hydrogen-bond acceptors (Lipinski definition) is 2. The van der Waals surface area contributed by atoms with E-state index in [1.54, 1.807) is 24.3 Å². The van der Waals surface area contributed by atoms with Gasteiger partial charge in [0.25, 0.3) is 0 Å². The van der Waals surface area contributed by atoms with Crippen LogP contribution in [0, 0.1) is 0 Å². The van der Waals surface area contributed by atoms with Crippen LogP contribution >= 0.6 is 0 Å². The predicted molar refractivity (Wildman–Crippen MR) is 54.8 cm³/mol. The van der Waals surface area contributed by atoms with E-state index in [2.05, 4.69) is 10.3 Å². The van der Waals surface area contributed by atoms with Gasteiger partial charge in [0.1, 0.15) is 0 Å². The molecule has 1 aromatic rings. The molecule has 0 aromatic carbocycles. The Hall–Kier alpha value is -1.58. The molecule has 0 spiro atoms. The van der Waals surface area contributed by atoms with Gasteiger partial charge in [-0.25, -0.2) is 4.79 Å². The number of aromatic nitrogens is 1. The molecule has 1 N–H and O–H groups in total. The number of rotatable bonds is 3. The average Bonchev–Trinajstić information content (AvgIpc) is 2.19. The summed E-state index contributed by atoms with van der Waals surface area (Å²) in [6, 6.07) is 3.75. The van der Waals surface area contributed by atoms with E-state index in [-0.39, 0.29) is 6.03 Å². The minimum Gasteiger partial charge on any atom is -0.338 e. The lowest BCUT2D eigenvalue weighted by atomic mass is 10.3. The van der Waals surface area contributed by atoms with E-state index in [4.69, 9.17) is 0 Å². The van der Waals surface area contributed by atoms with Crippen LogP contribution < -0.4 is 5.32 Å². The standard InChI is InChI=1S/C10H15N3O/c1-3-12-10(14)13(2)8-9-5-4-6-11-7-9/h4-7H,3,8H2,1-2H3,(H,12,14). The van der Waals surface area contributed by atoms with E-state index < -0.39 is 0 Å². The molecule has 76 valence electrons. The summed E-state index contributed by atoms with van der Waals surface area (Å²) in [5, 5.41) is 2.73. The van der Waals surface area contributed by atoms with Gasteiger partial charge in [0.2, 0.25) is 0 Å². The van der Waals surface area contributed by atoms with Gasteiger partial charge in [0.05, 0.1) is 0 Å². The summed E-state index contributed by atoms with van der Waals surface area (Å²) in [6.45, 7) is 3.13. The van der Waals surface area contributed by atoms with Gasteiger partial charge < -0.3 is 10.2 Å². The van der Waals surface area contributed by atoms with Crippen molar-refractivity contribution in [1.29, 1.82) is 0 Å². The maximum atomic E-state index is 11.3. The molecule has 2 amide bonds. The lowest BCUT2D eigenvalue weighted by Crippen LogP contribution is -2.36. The van der Waals surface area contributed by atoms with Gasteiger partial charge in [0.15, 0.2) is 0 Å². The first kappa shape index (κ1) is 10.5. The number of carbonyl (C=O) groups excluding carboxylic acids is 1. The first-order chi connectivity index (χ1) is 6.74. The molecule has 4 nitrogen and oxygen atoms in total. The van der Waals surface area contributed by atoms with Crippen LogP contribution in [0.4, 0.5) is 4.79 Å². The van der Waals surface area contributed by atoms with Gasteiger partial charge in [-0.05, 0) is 18.6 Å². The van der Waals surface area contributed by atoms with Crippen molar-refractivity contribution in [3.63, 3.8) is 0 Å². The fraction of sp³-hybridized carbons (Fsp3) is 0.400. The van der Waals surface area contributed by atoms with Crippen LogP contribution in [0.5, 0.6) is 0 Å². The lowest BCUT2D eigenvalue weighted by Gasteiger charge is -2.16. The molecule has 0 aliphatic rings. The Balaban J connectivity index is 2.49. The zero-order chi connectivity index (χ0) is 10.4. The minimum atomic E-state index is -0.0589. The monoisotopic (exact) mass is 193 g/mol. The molecule has 1 rings (SSSR count). The average molecular weight is 193 g/mol. The number of amides is 2.